The summed E-state index contributed by atoms with van der Waals surface area (Å²) in [5.41, 5.74) is 4.04. The van der Waals surface area contributed by atoms with Crippen molar-refractivity contribution in [3.8, 4) is 5.75 Å². The average molecular weight is 590 g/mol. The molecule has 2 aliphatic heterocycles. The number of methoxy groups -OCH3 is 1. The maximum Gasteiger partial charge on any atom is 0.148 e. The van der Waals surface area contributed by atoms with E-state index in [1.165, 1.54) is 11.1 Å². The number of fused-ring (bicyclic) bond motifs is 3. The first kappa shape index (κ1) is 28.8. The smallest absolute Gasteiger partial charge is 0.148 e. The van der Waals surface area contributed by atoms with E-state index in [2.05, 4.69) is 40.5 Å². The maximum absolute atomic E-state index is 12.8. The number of aliphatic hydroxyl groups is 1. The third-order valence-corrected chi connectivity index (χ3v) is 10.4. The summed E-state index contributed by atoms with van der Waals surface area (Å²) in [6.07, 6.45) is 7.22. The molecule has 0 aromatic heterocycles. The number of anilines is 1. The summed E-state index contributed by atoms with van der Waals surface area (Å²) >= 11 is 8.15. The lowest BCUT2D eigenvalue weighted by Gasteiger charge is -2.43. The van der Waals surface area contributed by atoms with Crippen molar-refractivity contribution in [3.63, 3.8) is 0 Å². The zero-order valence-corrected chi connectivity index (χ0v) is 25.0. The monoisotopic (exact) mass is 589 g/mol. The van der Waals surface area contributed by atoms with Gasteiger partial charge in [0.2, 0.25) is 0 Å². The minimum absolute atomic E-state index is 0.0503. The fourth-order valence-electron chi connectivity index (χ4n) is 5.75. The van der Waals surface area contributed by atoms with E-state index < -0.39 is 16.8 Å². The van der Waals surface area contributed by atoms with Crippen LogP contribution in [0.5, 0.6) is 5.75 Å². The van der Waals surface area contributed by atoms with Crippen LogP contribution in [0.2, 0.25) is 5.02 Å². The van der Waals surface area contributed by atoms with Gasteiger partial charge >= 0.3 is 0 Å². The predicted molar refractivity (Wildman–Crippen MR) is 161 cm³/mol. The fourth-order valence-corrected chi connectivity index (χ4v) is 7.69. The summed E-state index contributed by atoms with van der Waals surface area (Å²) in [6, 6.07) is 11.9. The fraction of sp³-hybridized carbons (Fsp3) is 0.533. The molecule has 1 aliphatic carbocycles. The van der Waals surface area contributed by atoms with Crippen molar-refractivity contribution in [2.24, 2.45) is 22.1 Å². The van der Waals surface area contributed by atoms with Crippen LogP contribution in [0.15, 0.2) is 52.9 Å². The van der Waals surface area contributed by atoms with E-state index in [1.54, 1.807) is 18.9 Å². The van der Waals surface area contributed by atoms with E-state index in [9.17, 15) is 9.32 Å². The van der Waals surface area contributed by atoms with Gasteiger partial charge in [-0.2, -0.15) is 10.6 Å². The first-order valence-corrected chi connectivity index (χ1v) is 16.6. The highest BCUT2D eigenvalue weighted by atomic mass is 35.5. The topological polar surface area (TPSA) is 71.4 Å². The molecule has 1 unspecified atom stereocenters. The minimum Gasteiger partial charge on any atom is -0.481 e. The second-order valence-electron chi connectivity index (χ2n) is 10.9. The molecule has 5 atom stereocenters. The highest BCUT2D eigenvalue weighted by Crippen LogP contribution is 2.42. The maximum atomic E-state index is 12.8. The predicted octanol–water partition coefficient (Wildman–Crippen LogP) is 6.75. The normalized spacial score (nSPS) is 29.4. The zero-order valence-electron chi connectivity index (χ0n) is 22.6. The van der Waals surface area contributed by atoms with E-state index in [4.69, 9.17) is 21.1 Å². The molecule has 3 aliphatic rings. The second kappa shape index (κ2) is 13.3. The molecule has 0 spiro atoms. The van der Waals surface area contributed by atoms with Gasteiger partial charge in [0.25, 0.3) is 0 Å². The number of nitrogens with zero attached hydrogens (tertiary/aromatic N) is 2. The number of benzene rings is 2. The molecule has 1 saturated carbocycles. The van der Waals surface area contributed by atoms with E-state index in [0.29, 0.717) is 35.6 Å². The van der Waals surface area contributed by atoms with E-state index in [-0.39, 0.29) is 12.0 Å². The quantitative estimate of drug-likeness (QED) is 0.293. The largest absolute Gasteiger partial charge is 0.481 e. The van der Waals surface area contributed by atoms with E-state index >= 15 is 0 Å². The molecule has 2 bridgehead atoms. The molecule has 1 N–H and O–H groups in total. The molecule has 0 amide bonds. The van der Waals surface area contributed by atoms with Crippen LogP contribution in [-0.4, -0.2) is 42.3 Å². The Balaban J connectivity index is 1.59. The Kier molecular flexibility index (Phi) is 9.82. The van der Waals surface area contributed by atoms with Crippen molar-refractivity contribution in [3.05, 3.63) is 70.3 Å². The number of hydrogen-bond acceptors (Lipinski definition) is 8. The van der Waals surface area contributed by atoms with Gasteiger partial charge in [-0.3, -0.25) is 0 Å². The summed E-state index contributed by atoms with van der Waals surface area (Å²) in [5, 5.41) is 11.7. The number of aliphatic hydroxyl groups excluding tert-OH is 1. The van der Waals surface area contributed by atoms with Crippen LogP contribution in [0.1, 0.15) is 49.1 Å². The summed E-state index contributed by atoms with van der Waals surface area (Å²) in [5.74, 6) is 3.73. The summed E-state index contributed by atoms with van der Waals surface area (Å²) in [6.45, 7) is 3.60. The minimum atomic E-state index is -1.49. The van der Waals surface area contributed by atoms with Crippen LogP contribution >= 0.6 is 23.4 Å². The molecule has 9 heteroatoms. The molecule has 0 radical (unpaired) electrons. The molecule has 1 fully saturated rings. The van der Waals surface area contributed by atoms with Gasteiger partial charge in [-0.05, 0) is 72.9 Å². The number of hydrogen-bond donors (Lipinski definition) is 1. The van der Waals surface area contributed by atoms with Gasteiger partial charge in [-0.15, -0.1) is 11.8 Å². The van der Waals surface area contributed by atoms with Crippen LogP contribution < -0.4 is 9.64 Å². The summed E-state index contributed by atoms with van der Waals surface area (Å²) in [7, 11) is 0.301. The number of thioether (sulfide) groups is 1. The Morgan fingerprint density at radius 1 is 1.21 bits per heavy atom. The first-order chi connectivity index (χ1) is 18.9. The van der Waals surface area contributed by atoms with Crippen LogP contribution in [0.4, 0.5) is 5.69 Å². The molecule has 0 saturated heterocycles. The molecular formula is C30H38ClN2O4S2-. The van der Waals surface area contributed by atoms with Gasteiger partial charge in [0.1, 0.15) is 17.9 Å². The third-order valence-electron chi connectivity index (χ3n) is 8.10. The SMILES string of the molecule is CO[C@H]1/C=C/C[C@H](C)C[S-](=O)=NC(O)c2ccc3c(c2)N(Cc2ccc(Cl)cc2CCSCO3)C[C@@H]2CC[C@H]21. The van der Waals surface area contributed by atoms with Crippen LogP contribution in [-0.2, 0) is 32.5 Å². The first-order valence-electron chi connectivity index (χ1n) is 13.7. The van der Waals surface area contributed by atoms with Gasteiger partial charge in [-0.25, -0.2) is 0 Å². The van der Waals surface area contributed by atoms with Crippen molar-refractivity contribution >= 4 is 39.6 Å². The Morgan fingerprint density at radius 2 is 2.08 bits per heavy atom. The lowest BCUT2D eigenvalue weighted by atomic mass is 9.70. The third kappa shape index (κ3) is 7.14. The lowest BCUT2D eigenvalue weighted by Crippen LogP contribution is -2.43. The molecule has 2 aromatic carbocycles. The van der Waals surface area contributed by atoms with Crippen LogP contribution in [0, 0.1) is 17.8 Å². The van der Waals surface area contributed by atoms with Crippen LogP contribution in [0.25, 0.3) is 0 Å². The van der Waals surface area contributed by atoms with Gasteiger partial charge in [0, 0.05) is 36.5 Å². The van der Waals surface area contributed by atoms with E-state index in [0.717, 1.165) is 54.4 Å². The van der Waals surface area contributed by atoms with Gasteiger partial charge in [0.15, 0.2) is 0 Å². The molecule has 6 nitrogen and oxygen atoms in total. The molecule has 5 rings (SSSR count). The zero-order chi connectivity index (χ0) is 27.4. The van der Waals surface area contributed by atoms with Crippen molar-refractivity contribution in [1.29, 1.82) is 0 Å². The van der Waals surface area contributed by atoms with Gasteiger partial charge < -0.3 is 28.1 Å². The van der Waals surface area contributed by atoms with Gasteiger partial charge in [0.05, 0.1) is 11.8 Å². The number of halogens is 1. The number of aryl methyl sites for hydroxylation is 1. The van der Waals surface area contributed by atoms with E-state index in [1.807, 2.05) is 24.3 Å². The van der Waals surface area contributed by atoms with Crippen molar-refractivity contribution in [2.45, 2.75) is 51.5 Å². The highest BCUT2D eigenvalue weighted by molar-refractivity contribution is 7.99. The number of ether oxygens (including phenoxy) is 2. The molecular weight excluding hydrogens is 552 g/mol. The standard InChI is InChI=1S/C30H38ClN2O4S2/c1-20-4-3-5-28(36-2)26-10-7-24(26)17-33-16-23-6-9-25(31)14-21(23)12-13-38-19-37-29-11-8-22(15-27(29)33)30(34)32-39(35)18-20/h3,5-6,8-9,11,14-15,20,24,26,28,30,34H,4,7,10,12-13,16-19H2,1-2H3/q-1/b5-3+/t20-,24-,26+,28-,30?/m0/s1. The Morgan fingerprint density at radius 3 is 2.87 bits per heavy atom. The highest BCUT2D eigenvalue weighted by Gasteiger charge is 2.37. The van der Waals surface area contributed by atoms with Crippen molar-refractivity contribution < 1.29 is 18.8 Å². The molecule has 212 valence electrons. The second-order valence-corrected chi connectivity index (χ2v) is 13.6. The molecule has 39 heavy (non-hydrogen) atoms. The summed E-state index contributed by atoms with van der Waals surface area (Å²) in [4.78, 5) is 2.38. The number of allylic oxidation sites excluding steroid dienone is 1. The molecule has 2 aromatic rings. The lowest BCUT2D eigenvalue weighted by molar-refractivity contribution is 0.0133. The van der Waals surface area contributed by atoms with Crippen molar-refractivity contribution in [1.82, 2.24) is 0 Å². The Labute approximate surface area is 243 Å². The summed E-state index contributed by atoms with van der Waals surface area (Å²) < 4.78 is 29.3. The average Bonchev–Trinajstić information content (AvgIpc) is 2.92. The van der Waals surface area contributed by atoms with Crippen molar-refractivity contribution in [2.75, 3.05) is 36.0 Å². The van der Waals surface area contributed by atoms with Gasteiger partial charge in [-0.1, -0.05) is 54.5 Å². The Bertz CT molecular complexity index is 1270. The van der Waals surface area contributed by atoms with Crippen LogP contribution in [0.3, 0.4) is 0 Å². The molecule has 2 heterocycles. The number of rotatable bonds is 1. The Hall–Kier alpha value is -1.71.